The Morgan fingerprint density at radius 3 is 1.38 bits per heavy atom. The summed E-state index contributed by atoms with van der Waals surface area (Å²) < 4.78 is 20.8. The van der Waals surface area contributed by atoms with Gasteiger partial charge in [-0.3, -0.25) is 0 Å². The topological polar surface area (TPSA) is 36.9 Å². The molecular weight excluding hydrogens is 208 g/mol. The number of hydrogen-bond acceptors (Lipinski definition) is 4. The molecule has 0 radical (unpaired) electrons. The summed E-state index contributed by atoms with van der Waals surface area (Å²) in [5.41, 5.74) is 1.92. The summed E-state index contributed by atoms with van der Waals surface area (Å²) in [6, 6.07) is 3.83. The molecule has 0 saturated carbocycles. The van der Waals surface area contributed by atoms with Crippen LogP contribution in [-0.2, 0) is 22.7 Å². The maximum Gasteiger partial charge on any atom is 0.125 e. The highest BCUT2D eigenvalue weighted by atomic mass is 16.5. The molecule has 4 heteroatoms. The van der Waals surface area contributed by atoms with Crippen molar-refractivity contribution in [2.45, 2.75) is 13.2 Å². The van der Waals surface area contributed by atoms with Gasteiger partial charge in [0.25, 0.3) is 0 Å². The lowest BCUT2D eigenvalue weighted by Gasteiger charge is -2.14. The molecule has 4 nitrogen and oxygen atoms in total. The molecule has 0 bridgehead atoms. The number of rotatable bonds is 6. The van der Waals surface area contributed by atoms with Gasteiger partial charge in [0.05, 0.1) is 27.4 Å². The molecule has 0 heterocycles. The zero-order valence-corrected chi connectivity index (χ0v) is 10.2. The number of methoxy groups -OCH3 is 4. The molecule has 1 rings (SSSR count). The fourth-order valence-corrected chi connectivity index (χ4v) is 1.56. The fourth-order valence-electron chi connectivity index (χ4n) is 1.56. The predicted molar refractivity (Wildman–Crippen MR) is 61.0 cm³/mol. The van der Waals surface area contributed by atoms with Crippen molar-refractivity contribution in [2.75, 3.05) is 28.4 Å². The monoisotopic (exact) mass is 226 g/mol. The Labute approximate surface area is 96.1 Å². The number of benzene rings is 1. The van der Waals surface area contributed by atoms with Gasteiger partial charge in [-0.15, -0.1) is 0 Å². The molecule has 0 spiro atoms. The van der Waals surface area contributed by atoms with Crippen LogP contribution in [0.2, 0.25) is 0 Å². The van der Waals surface area contributed by atoms with Crippen LogP contribution in [0.15, 0.2) is 12.1 Å². The normalized spacial score (nSPS) is 10.2. The van der Waals surface area contributed by atoms with E-state index in [1.165, 1.54) is 0 Å². The van der Waals surface area contributed by atoms with Crippen molar-refractivity contribution in [1.29, 1.82) is 0 Å². The molecule has 16 heavy (non-hydrogen) atoms. The zero-order valence-electron chi connectivity index (χ0n) is 10.2. The van der Waals surface area contributed by atoms with Crippen LogP contribution >= 0.6 is 0 Å². The molecule has 0 fully saturated rings. The first-order valence-electron chi connectivity index (χ1n) is 4.98. The van der Waals surface area contributed by atoms with E-state index in [4.69, 9.17) is 18.9 Å². The van der Waals surface area contributed by atoms with E-state index in [0.29, 0.717) is 13.2 Å². The summed E-state index contributed by atoms with van der Waals surface area (Å²) in [7, 11) is 6.57. The summed E-state index contributed by atoms with van der Waals surface area (Å²) in [6.07, 6.45) is 0. The van der Waals surface area contributed by atoms with Gasteiger partial charge in [-0.1, -0.05) is 0 Å². The minimum absolute atomic E-state index is 0.493. The molecule has 0 aliphatic rings. The predicted octanol–water partition coefficient (Wildman–Crippen LogP) is 2.00. The van der Waals surface area contributed by atoms with Crippen LogP contribution in [0.3, 0.4) is 0 Å². The van der Waals surface area contributed by atoms with E-state index in [1.54, 1.807) is 28.4 Å². The zero-order chi connectivity index (χ0) is 12.0. The van der Waals surface area contributed by atoms with Gasteiger partial charge in [0.1, 0.15) is 11.5 Å². The Bertz CT molecular complexity index is 302. The van der Waals surface area contributed by atoms with Gasteiger partial charge in [-0.2, -0.15) is 0 Å². The first kappa shape index (κ1) is 12.8. The van der Waals surface area contributed by atoms with E-state index in [2.05, 4.69) is 0 Å². The second kappa shape index (κ2) is 6.35. The third-order valence-corrected chi connectivity index (χ3v) is 2.28. The number of hydrogen-bond donors (Lipinski definition) is 0. The Kier molecular flexibility index (Phi) is 5.08. The van der Waals surface area contributed by atoms with E-state index >= 15 is 0 Å². The summed E-state index contributed by atoms with van der Waals surface area (Å²) in [4.78, 5) is 0. The van der Waals surface area contributed by atoms with Gasteiger partial charge in [0.2, 0.25) is 0 Å². The lowest BCUT2D eigenvalue weighted by molar-refractivity contribution is 0.177. The number of ether oxygens (including phenoxy) is 4. The van der Waals surface area contributed by atoms with Crippen LogP contribution in [0.1, 0.15) is 11.1 Å². The quantitative estimate of drug-likeness (QED) is 0.743. The van der Waals surface area contributed by atoms with Gasteiger partial charge in [-0.05, 0) is 12.1 Å². The first-order valence-corrected chi connectivity index (χ1v) is 4.98. The molecule has 0 aliphatic carbocycles. The Hall–Kier alpha value is -1.26. The molecule has 0 N–H and O–H groups in total. The maximum atomic E-state index is 5.29. The van der Waals surface area contributed by atoms with E-state index in [9.17, 15) is 0 Å². The molecule has 90 valence electrons. The van der Waals surface area contributed by atoms with Crippen LogP contribution < -0.4 is 9.47 Å². The smallest absolute Gasteiger partial charge is 0.125 e. The van der Waals surface area contributed by atoms with Gasteiger partial charge in [0, 0.05) is 25.3 Å². The van der Waals surface area contributed by atoms with Gasteiger partial charge in [0.15, 0.2) is 0 Å². The van der Waals surface area contributed by atoms with Gasteiger partial charge < -0.3 is 18.9 Å². The molecule has 1 aromatic carbocycles. The molecule has 0 amide bonds. The second-order valence-electron chi connectivity index (χ2n) is 3.34. The van der Waals surface area contributed by atoms with E-state index in [1.807, 2.05) is 12.1 Å². The largest absolute Gasteiger partial charge is 0.496 e. The van der Waals surface area contributed by atoms with Crippen LogP contribution in [0.5, 0.6) is 11.5 Å². The SMILES string of the molecule is COCc1cc(OC)c(COC)cc1OC. The minimum atomic E-state index is 0.493. The molecular formula is C12H18O4. The standard InChI is InChI=1S/C12H18O4/c1-13-7-9-5-12(16-4)10(8-14-2)6-11(9)15-3/h5-6H,7-8H2,1-4H3. The van der Waals surface area contributed by atoms with E-state index in [0.717, 1.165) is 22.6 Å². The molecule has 0 unspecified atom stereocenters. The molecule has 0 atom stereocenters. The highest BCUT2D eigenvalue weighted by Crippen LogP contribution is 2.29. The first-order chi connectivity index (χ1) is 7.76. The summed E-state index contributed by atoms with van der Waals surface area (Å²) in [5.74, 6) is 1.57. The van der Waals surface area contributed by atoms with Gasteiger partial charge >= 0.3 is 0 Å². The Morgan fingerprint density at radius 1 is 0.750 bits per heavy atom. The summed E-state index contributed by atoms with van der Waals surface area (Å²) in [5, 5.41) is 0. The molecule has 0 aliphatic heterocycles. The van der Waals surface area contributed by atoms with Crippen molar-refractivity contribution in [2.24, 2.45) is 0 Å². The van der Waals surface area contributed by atoms with Crippen molar-refractivity contribution in [3.05, 3.63) is 23.3 Å². The Balaban J connectivity index is 3.11. The minimum Gasteiger partial charge on any atom is -0.496 e. The van der Waals surface area contributed by atoms with Crippen LogP contribution in [0.25, 0.3) is 0 Å². The molecule has 1 aromatic rings. The highest BCUT2D eigenvalue weighted by molar-refractivity contribution is 5.46. The molecule has 0 aromatic heterocycles. The average molecular weight is 226 g/mol. The van der Waals surface area contributed by atoms with Crippen LogP contribution in [0, 0.1) is 0 Å². The second-order valence-corrected chi connectivity index (χ2v) is 3.34. The van der Waals surface area contributed by atoms with Crippen molar-refractivity contribution in [3.8, 4) is 11.5 Å². The lowest BCUT2D eigenvalue weighted by Crippen LogP contribution is -2.00. The lowest BCUT2D eigenvalue weighted by atomic mass is 10.1. The van der Waals surface area contributed by atoms with Crippen LogP contribution in [-0.4, -0.2) is 28.4 Å². The molecule has 0 saturated heterocycles. The van der Waals surface area contributed by atoms with E-state index in [-0.39, 0.29) is 0 Å². The van der Waals surface area contributed by atoms with Gasteiger partial charge in [-0.25, -0.2) is 0 Å². The van der Waals surface area contributed by atoms with Crippen LogP contribution in [0.4, 0.5) is 0 Å². The van der Waals surface area contributed by atoms with Crippen molar-refractivity contribution in [3.63, 3.8) is 0 Å². The van der Waals surface area contributed by atoms with E-state index < -0.39 is 0 Å². The third kappa shape index (κ3) is 2.87. The summed E-state index contributed by atoms with van der Waals surface area (Å²) in [6.45, 7) is 0.986. The van der Waals surface area contributed by atoms with Crippen molar-refractivity contribution >= 4 is 0 Å². The highest BCUT2D eigenvalue weighted by Gasteiger charge is 2.10. The van der Waals surface area contributed by atoms with Crippen molar-refractivity contribution in [1.82, 2.24) is 0 Å². The fraction of sp³-hybridized carbons (Fsp3) is 0.500. The maximum absolute atomic E-state index is 5.29. The Morgan fingerprint density at radius 2 is 1.12 bits per heavy atom. The summed E-state index contributed by atoms with van der Waals surface area (Å²) >= 11 is 0. The average Bonchev–Trinajstić information content (AvgIpc) is 2.31. The third-order valence-electron chi connectivity index (χ3n) is 2.28. The van der Waals surface area contributed by atoms with Crippen molar-refractivity contribution < 1.29 is 18.9 Å².